The molecule has 0 N–H and O–H groups in total. The Balaban J connectivity index is 2.31. The van der Waals surface area contributed by atoms with Crippen molar-refractivity contribution in [1.82, 2.24) is 9.88 Å². The summed E-state index contributed by atoms with van der Waals surface area (Å²) in [6.07, 6.45) is 1.38. The lowest BCUT2D eigenvalue weighted by molar-refractivity contribution is 0.0169. The third-order valence-corrected chi connectivity index (χ3v) is 4.51. The third kappa shape index (κ3) is 5.18. The number of amides is 1. The molecule has 1 unspecified atom stereocenters. The SMILES string of the molecule is CCC(Cc1cc(Br)nc2ccccc12)N(CC)C(=O)OC(C)(C)C. The molecule has 1 amide bonds. The van der Waals surface area contributed by atoms with Crippen molar-refractivity contribution < 1.29 is 9.53 Å². The number of para-hydroxylation sites is 1. The number of rotatable bonds is 5. The molecule has 1 aromatic heterocycles. The Kier molecular flexibility index (Phi) is 6.44. The maximum atomic E-state index is 12.6. The number of carbonyl (C=O) groups excluding carboxylic acids is 1. The molecule has 5 heteroatoms. The monoisotopic (exact) mass is 406 g/mol. The smallest absolute Gasteiger partial charge is 0.410 e. The van der Waals surface area contributed by atoms with E-state index in [0.29, 0.717) is 6.54 Å². The normalized spacial score (nSPS) is 12.9. The first-order chi connectivity index (χ1) is 11.7. The molecule has 0 saturated carbocycles. The van der Waals surface area contributed by atoms with Gasteiger partial charge in [0, 0.05) is 18.0 Å². The molecule has 0 radical (unpaired) electrons. The van der Waals surface area contributed by atoms with Crippen LogP contribution in [0.1, 0.15) is 46.6 Å². The number of nitrogens with zero attached hydrogens (tertiary/aromatic N) is 2. The van der Waals surface area contributed by atoms with Gasteiger partial charge in [-0.1, -0.05) is 25.1 Å². The van der Waals surface area contributed by atoms with Crippen LogP contribution in [0, 0.1) is 0 Å². The number of carbonyl (C=O) groups is 1. The van der Waals surface area contributed by atoms with Crippen molar-refractivity contribution in [2.24, 2.45) is 0 Å². The molecule has 0 aliphatic rings. The second kappa shape index (κ2) is 8.17. The van der Waals surface area contributed by atoms with E-state index in [4.69, 9.17) is 4.74 Å². The van der Waals surface area contributed by atoms with Crippen LogP contribution < -0.4 is 0 Å². The van der Waals surface area contributed by atoms with E-state index in [-0.39, 0.29) is 12.1 Å². The highest BCUT2D eigenvalue weighted by atomic mass is 79.9. The summed E-state index contributed by atoms with van der Waals surface area (Å²) < 4.78 is 6.40. The Morgan fingerprint density at radius 3 is 2.56 bits per heavy atom. The molecule has 1 atom stereocenters. The number of aromatic nitrogens is 1. The van der Waals surface area contributed by atoms with Crippen molar-refractivity contribution in [2.45, 2.75) is 59.1 Å². The van der Waals surface area contributed by atoms with E-state index in [2.05, 4.69) is 33.9 Å². The van der Waals surface area contributed by atoms with Gasteiger partial charge in [-0.15, -0.1) is 0 Å². The second-order valence-corrected chi connectivity index (χ2v) is 7.97. The minimum absolute atomic E-state index is 0.0811. The van der Waals surface area contributed by atoms with E-state index in [1.54, 1.807) is 0 Å². The van der Waals surface area contributed by atoms with E-state index in [1.807, 2.05) is 56.9 Å². The van der Waals surface area contributed by atoms with Crippen LogP contribution in [-0.2, 0) is 11.2 Å². The highest BCUT2D eigenvalue weighted by Gasteiger charge is 2.27. The summed E-state index contributed by atoms with van der Waals surface area (Å²) in [4.78, 5) is 19.0. The summed E-state index contributed by atoms with van der Waals surface area (Å²) in [5.74, 6) is 0. The first kappa shape index (κ1) is 19.7. The lowest BCUT2D eigenvalue weighted by atomic mass is 9.99. The zero-order valence-electron chi connectivity index (χ0n) is 15.7. The summed E-state index contributed by atoms with van der Waals surface area (Å²) in [5.41, 5.74) is 1.66. The Bertz CT molecular complexity index is 740. The molecule has 1 heterocycles. The Morgan fingerprint density at radius 1 is 1.28 bits per heavy atom. The van der Waals surface area contributed by atoms with Crippen LogP contribution >= 0.6 is 15.9 Å². The molecule has 1 aromatic carbocycles. The van der Waals surface area contributed by atoms with Crippen molar-refractivity contribution in [2.75, 3.05) is 6.54 Å². The number of pyridine rings is 1. The van der Waals surface area contributed by atoms with Crippen LogP contribution in [0.2, 0.25) is 0 Å². The molecule has 136 valence electrons. The third-order valence-electron chi connectivity index (χ3n) is 4.11. The number of hydrogen-bond acceptors (Lipinski definition) is 3. The molecule has 4 nitrogen and oxygen atoms in total. The van der Waals surface area contributed by atoms with Crippen LogP contribution in [0.5, 0.6) is 0 Å². The van der Waals surface area contributed by atoms with Gasteiger partial charge in [0.1, 0.15) is 10.2 Å². The first-order valence-corrected chi connectivity index (χ1v) is 9.58. The lowest BCUT2D eigenvalue weighted by Gasteiger charge is -2.32. The minimum atomic E-state index is -0.491. The molecule has 0 spiro atoms. The van der Waals surface area contributed by atoms with Crippen molar-refractivity contribution in [3.8, 4) is 0 Å². The largest absolute Gasteiger partial charge is 0.444 e. The van der Waals surface area contributed by atoms with Gasteiger partial charge in [-0.25, -0.2) is 9.78 Å². The van der Waals surface area contributed by atoms with E-state index in [1.165, 1.54) is 5.56 Å². The fraction of sp³-hybridized carbons (Fsp3) is 0.500. The van der Waals surface area contributed by atoms with Crippen molar-refractivity contribution in [3.63, 3.8) is 0 Å². The summed E-state index contributed by atoms with van der Waals surface area (Å²) in [5, 5.41) is 1.13. The van der Waals surface area contributed by atoms with Gasteiger partial charge < -0.3 is 9.64 Å². The highest BCUT2D eigenvalue weighted by Crippen LogP contribution is 2.25. The molecule has 0 aliphatic carbocycles. The predicted octanol–water partition coefficient (Wildman–Crippen LogP) is 5.58. The van der Waals surface area contributed by atoms with Crippen LogP contribution in [0.15, 0.2) is 34.9 Å². The van der Waals surface area contributed by atoms with Crippen molar-refractivity contribution >= 4 is 32.9 Å². The first-order valence-electron chi connectivity index (χ1n) is 8.79. The van der Waals surface area contributed by atoms with Gasteiger partial charge in [-0.2, -0.15) is 0 Å². The van der Waals surface area contributed by atoms with Crippen LogP contribution in [0.25, 0.3) is 10.9 Å². The van der Waals surface area contributed by atoms with Crippen molar-refractivity contribution in [1.29, 1.82) is 0 Å². The zero-order valence-corrected chi connectivity index (χ0v) is 17.3. The minimum Gasteiger partial charge on any atom is -0.444 e. The quantitative estimate of drug-likeness (QED) is 0.608. The fourth-order valence-corrected chi connectivity index (χ4v) is 3.43. The van der Waals surface area contributed by atoms with Gasteiger partial charge in [-0.3, -0.25) is 0 Å². The van der Waals surface area contributed by atoms with Crippen LogP contribution in [0.3, 0.4) is 0 Å². The lowest BCUT2D eigenvalue weighted by Crippen LogP contribution is -2.44. The second-order valence-electron chi connectivity index (χ2n) is 7.15. The molecule has 2 rings (SSSR count). The molecular weight excluding hydrogens is 380 g/mol. The number of hydrogen-bond donors (Lipinski definition) is 0. The maximum Gasteiger partial charge on any atom is 0.410 e. The number of halogens is 1. The van der Waals surface area contributed by atoms with Crippen LogP contribution in [0.4, 0.5) is 4.79 Å². The van der Waals surface area contributed by atoms with Crippen molar-refractivity contribution in [3.05, 3.63) is 40.5 Å². The topological polar surface area (TPSA) is 42.4 Å². The van der Waals surface area contributed by atoms with E-state index in [0.717, 1.165) is 28.3 Å². The fourth-order valence-electron chi connectivity index (χ4n) is 2.97. The average Bonchev–Trinajstić information content (AvgIpc) is 2.52. The molecule has 0 fully saturated rings. The summed E-state index contributed by atoms with van der Waals surface area (Å²) in [6, 6.07) is 10.2. The molecule has 0 bridgehead atoms. The van der Waals surface area contributed by atoms with Gasteiger partial charge in [0.05, 0.1) is 5.52 Å². The molecular formula is C20H27BrN2O2. The Morgan fingerprint density at radius 2 is 1.96 bits per heavy atom. The summed E-state index contributed by atoms with van der Waals surface area (Å²) >= 11 is 3.50. The number of ether oxygens (including phenoxy) is 1. The standard InChI is InChI=1S/C20H27BrN2O2/c1-6-15(23(7-2)19(24)25-20(3,4)5)12-14-13-18(21)22-17-11-9-8-10-16(14)17/h8-11,13,15H,6-7,12H2,1-5H3. The summed E-state index contributed by atoms with van der Waals surface area (Å²) in [7, 11) is 0. The molecule has 25 heavy (non-hydrogen) atoms. The van der Waals surface area contributed by atoms with Gasteiger partial charge in [0.25, 0.3) is 0 Å². The molecule has 0 saturated heterocycles. The number of fused-ring (bicyclic) bond motifs is 1. The van der Waals surface area contributed by atoms with Gasteiger partial charge in [0.2, 0.25) is 0 Å². The predicted molar refractivity (Wildman–Crippen MR) is 106 cm³/mol. The van der Waals surface area contributed by atoms with Gasteiger partial charge in [-0.05, 0) is 74.2 Å². The maximum absolute atomic E-state index is 12.6. The van der Waals surface area contributed by atoms with E-state index >= 15 is 0 Å². The van der Waals surface area contributed by atoms with Gasteiger partial charge >= 0.3 is 6.09 Å². The Labute approximate surface area is 158 Å². The summed E-state index contributed by atoms with van der Waals surface area (Å²) in [6.45, 7) is 10.4. The van der Waals surface area contributed by atoms with Gasteiger partial charge in [0.15, 0.2) is 0 Å². The number of benzene rings is 1. The average molecular weight is 407 g/mol. The van der Waals surface area contributed by atoms with E-state index < -0.39 is 5.60 Å². The Hall–Kier alpha value is -1.62. The van der Waals surface area contributed by atoms with Crippen LogP contribution in [-0.4, -0.2) is 34.2 Å². The zero-order chi connectivity index (χ0) is 18.6. The number of likely N-dealkylation sites (N-methyl/N-ethyl adjacent to an activating group) is 1. The van der Waals surface area contributed by atoms with E-state index in [9.17, 15) is 4.79 Å². The molecule has 0 aliphatic heterocycles. The highest BCUT2D eigenvalue weighted by molar-refractivity contribution is 9.10. The molecule has 2 aromatic rings.